The van der Waals surface area contributed by atoms with Crippen molar-refractivity contribution in [3.8, 4) is 11.4 Å². The first-order valence-corrected chi connectivity index (χ1v) is 5.91. The highest BCUT2D eigenvalue weighted by atomic mass is 16.1. The van der Waals surface area contributed by atoms with Gasteiger partial charge in [0.05, 0.1) is 5.69 Å². The van der Waals surface area contributed by atoms with Crippen LogP contribution in [0.25, 0.3) is 11.4 Å². The fourth-order valence-electron chi connectivity index (χ4n) is 1.59. The van der Waals surface area contributed by atoms with Crippen LogP contribution in [0.1, 0.15) is 32.2 Å². The summed E-state index contributed by atoms with van der Waals surface area (Å²) in [6.07, 6.45) is 1.72. The van der Waals surface area contributed by atoms with Gasteiger partial charge in [0, 0.05) is 28.9 Å². The molecule has 1 N–H and O–H groups in total. The van der Waals surface area contributed by atoms with Gasteiger partial charge in [-0.25, -0.2) is 4.98 Å². The quantitative estimate of drug-likeness (QED) is 0.836. The number of hydrogen-bond acceptors (Lipinski definition) is 3. The summed E-state index contributed by atoms with van der Waals surface area (Å²) in [4.78, 5) is 23.2. The molecule has 0 atom stereocenters. The van der Waals surface area contributed by atoms with Gasteiger partial charge in [-0.3, -0.25) is 9.78 Å². The fraction of sp³-hybridized carbons (Fsp3) is 0.357. The number of hydrogen-bond donors (Lipinski definition) is 1. The summed E-state index contributed by atoms with van der Waals surface area (Å²) in [6, 6.07) is 5.36. The zero-order valence-electron chi connectivity index (χ0n) is 11.1. The van der Waals surface area contributed by atoms with Crippen LogP contribution in [-0.2, 0) is 5.41 Å². The highest BCUT2D eigenvalue weighted by Crippen LogP contribution is 2.21. The molecule has 0 radical (unpaired) electrons. The lowest BCUT2D eigenvalue weighted by molar-refractivity contribution is 0.566. The van der Waals surface area contributed by atoms with Gasteiger partial charge in [0.15, 0.2) is 0 Å². The molecule has 0 saturated carbocycles. The van der Waals surface area contributed by atoms with Crippen LogP contribution < -0.4 is 5.56 Å². The number of H-pyrrole nitrogens is 1. The summed E-state index contributed by atoms with van der Waals surface area (Å²) in [5, 5.41) is 0. The van der Waals surface area contributed by atoms with E-state index in [4.69, 9.17) is 0 Å². The summed E-state index contributed by atoms with van der Waals surface area (Å²) >= 11 is 0. The van der Waals surface area contributed by atoms with E-state index in [1.807, 2.05) is 39.8 Å². The van der Waals surface area contributed by atoms with Crippen LogP contribution in [0.2, 0.25) is 0 Å². The number of aromatic nitrogens is 3. The van der Waals surface area contributed by atoms with Gasteiger partial charge in [0.2, 0.25) is 0 Å². The van der Waals surface area contributed by atoms with E-state index in [1.54, 1.807) is 12.3 Å². The smallest absolute Gasteiger partial charge is 0.251 e. The van der Waals surface area contributed by atoms with E-state index in [2.05, 4.69) is 15.0 Å². The summed E-state index contributed by atoms with van der Waals surface area (Å²) in [5.74, 6) is 0.569. The first-order valence-electron chi connectivity index (χ1n) is 5.91. The van der Waals surface area contributed by atoms with Crippen molar-refractivity contribution in [2.75, 3.05) is 0 Å². The van der Waals surface area contributed by atoms with Crippen LogP contribution >= 0.6 is 0 Å². The average Bonchev–Trinajstić information content (AvgIpc) is 2.28. The summed E-state index contributed by atoms with van der Waals surface area (Å²) < 4.78 is 0. The van der Waals surface area contributed by atoms with Crippen molar-refractivity contribution in [3.05, 3.63) is 46.1 Å². The molecule has 0 saturated heterocycles. The van der Waals surface area contributed by atoms with Crippen molar-refractivity contribution in [3.63, 3.8) is 0 Å². The predicted octanol–water partition coefficient (Wildman–Crippen LogP) is 2.44. The number of nitrogens with one attached hydrogen (secondary N) is 1. The molecule has 0 fully saturated rings. The first kappa shape index (κ1) is 12.5. The minimum atomic E-state index is -0.152. The molecule has 0 unspecified atom stereocenters. The maximum absolute atomic E-state index is 11.7. The molecular weight excluding hydrogens is 226 g/mol. The standard InChI is InChI=1S/C14H17N3O/c1-9-5-6-10(8-15-9)13-16-11(14(2,3)4)7-12(18)17-13/h5-8H,1-4H3,(H,16,17,18). The van der Waals surface area contributed by atoms with Crippen LogP contribution in [0.3, 0.4) is 0 Å². The molecule has 0 aliphatic carbocycles. The van der Waals surface area contributed by atoms with Gasteiger partial charge in [-0.15, -0.1) is 0 Å². The molecule has 4 nitrogen and oxygen atoms in total. The van der Waals surface area contributed by atoms with Crippen molar-refractivity contribution in [2.24, 2.45) is 0 Å². The highest BCUT2D eigenvalue weighted by molar-refractivity contribution is 5.53. The molecule has 18 heavy (non-hydrogen) atoms. The Morgan fingerprint density at radius 1 is 1.22 bits per heavy atom. The molecule has 94 valence electrons. The Morgan fingerprint density at radius 2 is 1.94 bits per heavy atom. The third-order valence-corrected chi connectivity index (χ3v) is 2.69. The third-order valence-electron chi connectivity index (χ3n) is 2.69. The molecule has 0 bridgehead atoms. The molecule has 0 spiro atoms. The maximum atomic E-state index is 11.7. The second-order valence-corrected chi connectivity index (χ2v) is 5.42. The molecule has 0 aliphatic rings. The lowest BCUT2D eigenvalue weighted by atomic mass is 9.92. The van der Waals surface area contributed by atoms with Crippen molar-refractivity contribution < 1.29 is 0 Å². The van der Waals surface area contributed by atoms with E-state index in [1.165, 1.54) is 0 Å². The summed E-state index contributed by atoms with van der Waals surface area (Å²) in [6.45, 7) is 8.02. The van der Waals surface area contributed by atoms with Gasteiger partial charge < -0.3 is 4.98 Å². The lowest BCUT2D eigenvalue weighted by Crippen LogP contribution is -2.19. The number of aromatic amines is 1. The molecule has 0 aliphatic heterocycles. The molecular formula is C14H17N3O. The van der Waals surface area contributed by atoms with E-state index < -0.39 is 0 Å². The Bertz CT molecular complexity index is 606. The van der Waals surface area contributed by atoms with Gasteiger partial charge in [0.1, 0.15) is 5.82 Å². The predicted molar refractivity (Wildman–Crippen MR) is 71.5 cm³/mol. The zero-order chi connectivity index (χ0) is 13.3. The second-order valence-electron chi connectivity index (χ2n) is 5.42. The van der Waals surface area contributed by atoms with Gasteiger partial charge >= 0.3 is 0 Å². The minimum absolute atomic E-state index is 0.134. The number of pyridine rings is 1. The third kappa shape index (κ3) is 2.64. The molecule has 0 amide bonds. The van der Waals surface area contributed by atoms with E-state index in [0.29, 0.717) is 5.82 Å². The number of nitrogens with zero attached hydrogens (tertiary/aromatic N) is 2. The Labute approximate surface area is 106 Å². The zero-order valence-corrected chi connectivity index (χ0v) is 11.1. The first-order chi connectivity index (χ1) is 8.36. The van der Waals surface area contributed by atoms with Crippen molar-refractivity contribution >= 4 is 0 Å². The Balaban J connectivity index is 2.55. The van der Waals surface area contributed by atoms with Gasteiger partial charge in [-0.05, 0) is 19.1 Å². The lowest BCUT2D eigenvalue weighted by Gasteiger charge is -2.17. The molecule has 4 heteroatoms. The Morgan fingerprint density at radius 3 is 2.50 bits per heavy atom. The van der Waals surface area contributed by atoms with E-state index in [-0.39, 0.29) is 11.0 Å². The van der Waals surface area contributed by atoms with Crippen LogP contribution in [0.5, 0.6) is 0 Å². The number of aryl methyl sites for hydroxylation is 1. The van der Waals surface area contributed by atoms with Crippen molar-refractivity contribution in [1.82, 2.24) is 15.0 Å². The second kappa shape index (κ2) is 4.37. The highest BCUT2D eigenvalue weighted by Gasteiger charge is 2.17. The summed E-state index contributed by atoms with van der Waals surface area (Å²) in [7, 11) is 0. The van der Waals surface area contributed by atoms with Gasteiger partial charge in [0.25, 0.3) is 5.56 Å². The minimum Gasteiger partial charge on any atom is -0.306 e. The maximum Gasteiger partial charge on any atom is 0.251 e. The molecule has 2 aromatic heterocycles. The topological polar surface area (TPSA) is 58.6 Å². The van der Waals surface area contributed by atoms with Crippen LogP contribution in [-0.4, -0.2) is 15.0 Å². The Hall–Kier alpha value is -1.97. The molecule has 0 aromatic carbocycles. The monoisotopic (exact) mass is 243 g/mol. The summed E-state index contributed by atoms with van der Waals surface area (Å²) in [5.41, 5.74) is 2.26. The van der Waals surface area contributed by atoms with Crippen LogP contribution in [0, 0.1) is 6.92 Å². The molecule has 2 aromatic rings. The van der Waals surface area contributed by atoms with Gasteiger partial charge in [-0.2, -0.15) is 0 Å². The molecule has 2 rings (SSSR count). The average molecular weight is 243 g/mol. The SMILES string of the molecule is Cc1ccc(-c2nc(C(C)(C)C)cc(=O)[nH]2)cn1. The molecule has 2 heterocycles. The Kier molecular flexibility index (Phi) is 3.03. The van der Waals surface area contributed by atoms with Crippen LogP contribution in [0.4, 0.5) is 0 Å². The van der Waals surface area contributed by atoms with Gasteiger partial charge in [-0.1, -0.05) is 20.8 Å². The van der Waals surface area contributed by atoms with Crippen molar-refractivity contribution in [2.45, 2.75) is 33.1 Å². The van der Waals surface area contributed by atoms with E-state index in [9.17, 15) is 4.79 Å². The van der Waals surface area contributed by atoms with E-state index in [0.717, 1.165) is 17.0 Å². The fourth-order valence-corrected chi connectivity index (χ4v) is 1.59. The van der Waals surface area contributed by atoms with Crippen LogP contribution in [0.15, 0.2) is 29.2 Å². The largest absolute Gasteiger partial charge is 0.306 e. The van der Waals surface area contributed by atoms with E-state index >= 15 is 0 Å². The number of rotatable bonds is 1. The van der Waals surface area contributed by atoms with Crippen molar-refractivity contribution in [1.29, 1.82) is 0 Å². The normalized spacial score (nSPS) is 11.6.